The van der Waals surface area contributed by atoms with E-state index >= 15 is 0 Å². The standard InChI is InChI=1S/C9H21IOSi/c1-7(2)12(11-10,8(3)4)9(5)6/h7-9H,1-6H3. The van der Waals surface area contributed by atoms with Crippen molar-refractivity contribution in [1.82, 2.24) is 0 Å². The second-order valence-corrected chi connectivity index (χ2v) is 11.0. The number of hydrogen-bond acceptors (Lipinski definition) is 1. The summed E-state index contributed by atoms with van der Waals surface area (Å²) in [5.74, 6) is 0. The van der Waals surface area contributed by atoms with Gasteiger partial charge in [-0.15, -0.1) is 0 Å². The molecule has 0 spiro atoms. The van der Waals surface area contributed by atoms with Gasteiger partial charge in [-0.1, -0.05) is 41.5 Å². The molecule has 0 N–H and O–H groups in total. The predicted molar refractivity (Wildman–Crippen MR) is 66.2 cm³/mol. The third kappa shape index (κ3) is 2.23. The highest BCUT2D eigenvalue weighted by molar-refractivity contribution is 14.1. The van der Waals surface area contributed by atoms with Crippen LogP contribution < -0.4 is 0 Å². The first-order valence-electron chi connectivity index (χ1n) is 4.69. The molecule has 0 aliphatic heterocycles. The molecule has 12 heavy (non-hydrogen) atoms. The predicted octanol–water partition coefficient (Wildman–Crippen LogP) is 4.53. The third-order valence-corrected chi connectivity index (χ3v) is 10.8. The Hall–Kier alpha value is 0.907. The number of hydrogen-bond donors (Lipinski definition) is 0. The van der Waals surface area contributed by atoms with Crippen LogP contribution in [0.3, 0.4) is 0 Å². The van der Waals surface area contributed by atoms with Crippen LogP contribution in [0.5, 0.6) is 0 Å². The van der Waals surface area contributed by atoms with Crippen molar-refractivity contribution >= 4 is 31.3 Å². The Balaban J connectivity index is 4.77. The zero-order chi connectivity index (χ0) is 9.94. The summed E-state index contributed by atoms with van der Waals surface area (Å²) in [6.07, 6.45) is 0. The first-order valence-corrected chi connectivity index (χ1v) is 7.71. The molecule has 0 aromatic carbocycles. The van der Waals surface area contributed by atoms with Crippen molar-refractivity contribution in [1.29, 1.82) is 0 Å². The smallest absolute Gasteiger partial charge is 0.215 e. The summed E-state index contributed by atoms with van der Waals surface area (Å²) in [4.78, 5) is 0. The van der Waals surface area contributed by atoms with Gasteiger partial charge in [0.1, 0.15) is 0 Å². The first-order chi connectivity index (χ1) is 5.39. The van der Waals surface area contributed by atoms with Gasteiger partial charge in [0, 0.05) is 0 Å². The van der Waals surface area contributed by atoms with Crippen LogP contribution in [0.4, 0.5) is 0 Å². The van der Waals surface area contributed by atoms with Gasteiger partial charge in [0.25, 0.3) is 0 Å². The van der Waals surface area contributed by atoms with Crippen molar-refractivity contribution in [3.8, 4) is 0 Å². The molecule has 0 unspecified atom stereocenters. The Kier molecular flexibility index (Phi) is 5.33. The quantitative estimate of drug-likeness (QED) is 0.547. The Labute approximate surface area is 92.1 Å². The fraction of sp³-hybridized carbons (Fsp3) is 1.00. The van der Waals surface area contributed by atoms with Crippen molar-refractivity contribution in [2.75, 3.05) is 0 Å². The molecule has 0 aliphatic rings. The molecule has 0 aromatic heterocycles. The lowest BCUT2D eigenvalue weighted by molar-refractivity contribution is 0.586. The third-order valence-electron chi connectivity index (χ3n) is 2.84. The average Bonchev–Trinajstić information content (AvgIpc) is 1.86. The zero-order valence-electron chi connectivity index (χ0n) is 9.02. The van der Waals surface area contributed by atoms with Gasteiger partial charge >= 0.3 is 0 Å². The second kappa shape index (κ2) is 4.96. The molecule has 0 aliphatic carbocycles. The summed E-state index contributed by atoms with van der Waals surface area (Å²) in [6, 6.07) is 0. The Morgan fingerprint density at radius 1 is 0.833 bits per heavy atom. The SMILES string of the molecule is CC(C)[Si](OI)(C(C)C)C(C)C. The maximum absolute atomic E-state index is 5.83. The van der Waals surface area contributed by atoms with Crippen LogP contribution in [0.25, 0.3) is 0 Å². The molecular formula is C9H21IOSi. The Morgan fingerprint density at radius 2 is 1.08 bits per heavy atom. The van der Waals surface area contributed by atoms with Crippen molar-refractivity contribution in [3.05, 3.63) is 0 Å². The normalized spacial score (nSPS) is 13.5. The van der Waals surface area contributed by atoms with E-state index in [9.17, 15) is 0 Å². The second-order valence-electron chi connectivity index (χ2n) is 4.39. The molecule has 1 nitrogen and oxygen atoms in total. The maximum Gasteiger partial charge on any atom is 0.215 e. The van der Waals surface area contributed by atoms with Crippen LogP contribution in [0.2, 0.25) is 16.6 Å². The molecule has 0 saturated heterocycles. The summed E-state index contributed by atoms with van der Waals surface area (Å²) in [5, 5.41) is 0. The summed E-state index contributed by atoms with van der Waals surface area (Å²) < 4.78 is 5.83. The van der Waals surface area contributed by atoms with Crippen LogP contribution in [-0.2, 0) is 2.76 Å². The van der Waals surface area contributed by atoms with Crippen LogP contribution in [0.1, 0.15) is 41.5 Å². The van der Waals surface area contributed by atoms with Gasteiger partial charge in [0.05, 0.1) is 23.0 Å². The highest BCUT2D eigenvalue weighted by Crippen LogP contribution is 2.43. The minimum absolute atomic E-state index is 0.703. The van der Waals surface area contributed by atoms with Crippen molar-refractivity contribution in [3.63, 3.8) is 0 Å². The molecule has 0 amide bonds. The number of halogens is 1. The molecule has 0 saturated carbocycles. The zero-order valence-corrected chi connectivity index (χ0v) is 12.2. The van der Waals surface area contributed by atoms with Crippen molar-refractivity contribution < 1.29 is 2.76 Å². The topological polar surface area (TPSA) is 9.23 Å². The van der Waals surface area contributed by atoms with Gasteiger partial charge in [-0.3, -0.25) is 0 Å². The highest BCUT2D eigenvalue weighted by Gasteiger charge is 2.44. The van der Waals surface area contributed by atoms with E-state index in [2.05, 4.69) is 64.5 Å². The Morgan fingerprint density at radius 3 is 1.08 bits per heavy atom. The number of rotatable bonds is 4. The average molecular weight is 300 g/mol. The van der Waals surface area contributed by atoms with Gasteiger partial charge in [-0.2, -0.15) is 0 Å². The van der Waals surface area contributed by atoms with Gasteiger partial charge in [0.15, 0.2) is 0 Å². The van der Waals surface area contributed by atoms with Gasteiger partial charge in [-0.25, -0.2) is 0 Å². The molecule has 74 valence electrons. The molecule has 3 heteroatoms. The van der Waals surface area contributed by atoms with E-state index in [1.807, 2.05) is 0 Å². The highest BCUT2D eigenvalue weighted by atomic mass is 127. The van der Waals surface area contributed by atoms with Crippen LogP contribution in [0.15, 0.2) is 0 Å². The molecule has 0 atom stereocenters. The summed E-state index contributed by atoms with van der Waals surface area (Å²) in [7, 11) is -1.51. The van der Waals surface area contributed by atoms with E-state index in [1.54, 1.807) is 0 Å². The molecular weight excluding hydrogens is 279 g/mol. The maximum atomic E-state index is 5.83. The molecule has 0 bridgehead atoms. The van der Waals surface area contributed by atoms with E-state index in [0.717, 1.165) is 0 Å². The summed E-state index contributed by atoms with van der Waals surface area (Å²) >= 11 is 2.11. The molecule has 0 aromatic rings. The van der Waals surface area contributed by atoms with Crippen LogP contribution in [0, 0.1) is 0 Å². The van der Waals surface area contributed by atoms with E-state index < -0.39 is 8.32 Å². The summed E-state index contributed by atoms with van der Waals surface area (Å²) in [6.45, 7) is 13.8. The van der Waals surface area contributed by atoms with Crippen LogP contribution >= 0.6 is 23.0 Å². The van der Waals surface area contributed by atoms with Gasteiger partial charge in [0.2, 0.25) is 8.32 Å². The van der Waals surface area contributed by atoms with Gasteiger partial charge in [-0.05, 0) is 16.6 Å². The van der Waals surface area contributed by atoms with E-state index in [0.29, 0.717) is 16.6 Å². The lowest BCUT2D eigenvalue weighted by Gasteiger charge is -2.39. The lowest BCUT2D eigenvalue weighted by atomic mass is 10.5. The van der Waals surface area contributed by atoms with Gasteiger partial charge < -0.3 is 2.76 Å². The summed E-state index contributed by atoms with van der Waals surface area (Å²) in [5.41, 5.74) is 2.11. The van der Waals surface area contributed by atoms with E-state index in [1.165, 1.54) is 0 Å². The molecule has 0 fully saturated rings. The van der Waals surface area contributed by atoms with Crippen molar-refractivity contribution in [2.24, 2.45) is 0 Å². The molecule has 0 radical (unpaired) electrons. The fourth-order valence-electron chi connectivity index (χ4n) is 2.27. The van der Waals surface area contributed by atoms with Crippen molar-refractivity contribution in [2.45, 2.75) is 58.2 Å². The minimum atomic E-state index is -1.51. The minimum Gasteiger partial charge on any atom is -0.357 e. The fourth-order valence-corrected chi connectivity index (χ4v) is 11.4. The lowest BCUT2D eigenvalue weighted by Crippen LogP contribution is -2.45. The van der Waals surface area contributed by atoms with E-state index in [-0.39, 0.29) is 0 Å². The Bertz CT molecular complexity index is 113. The van der Waals surface area contributed by atoms with E-state index in [4.69, 9.17) is 2.76 Å². The molecule has 0 rings (SSSR count). The monoisotopic (exact) mass is 300 g/mol. The largest absolute Gasteiger partial charge is 0.357 e. The first kappa shape index (κ1) is 12.9. The van der Waals surface area contributed by atoms with Crippen LogP contribution in [-0.4, -0.2) is 8.32 Å². The molecule has 0 heterocycles.